The van der Waals surface area contributed by atoms with Gasteiger partial charge in [-0.15, -0.1) is 0 Å². The molecule has 89 heavy (non-hydrogen) atoms. The molecule has 18 nitrogen and oxygen atoms in total. The molecule has 6 atom stereocenters. The van der Waals surface area contributed by atoms with Crippen LogP contribution < -0.4 is 4.74 Å². The Kier molecular flexibility index (Phi) is 23.5. The summed E-state index contributed by atoms with van der Waals surface area (Å²) in [4.78, 5) is 103. The Balaban J connectivity index is 1.25. The zero-order valence-electron chi connectivity index (χ0n) is 56.7. The zero-order chi connectivity index (χ0) is 66.0. The number of rotatable bonds is 20. The van der Waals surface area contributed by atoms with Crippen LogP contribution in [0, 0.1) is 35.5 Å². The van der Waals surface area contributed by atoms with E-state index in [9.17, 15) is 33.6 Å². The Morgan fingerprint density at radius 1 is 0.427 bits per heavy atom. The Hall–Kier alpha value is -6.85. The van der Waals surface area contributed by atoms with Crippen LogP contribution in [0.3, 0.4) is 0 Å². The minimum absolute atomic E-state index is 0.0328. The normalized spacial score (nSPS) is 18.6. The predicted octanol–water partition coefficient (Wildman–Crippen LogP) is 12.6. The molecule has 3 aliphatic heterocycles. The van der Waals surface area contributed by atoms with Gasteiger partial charge in [0.2, 0.25) is 5.91 Å². The lowest BCUT2D eigenvalue weighted by Crippen LogP contribution is -2.38. The van der Waals surface area contributed by atoms with E-state index in [0.717, 1.165) is 27.8 Å². The predicted molar refractivity (Wildman–Crippen MR) is 341 cm³/mol. The number of nitrogens with zero attached hydrogens (tertiary/aromatic N) is 4. The van der Waals surface area contributed by atoms with E-state index < -0.39 is 69.6 Å². The molecule has 0 radical (unpaired) electrons. The Morgan fingerprint density at radius 2 is 0.742 bits per heavy atom. The molecule has 3 aliphatic rings. The Bertz CT molecular complexity index is 2930. The summed E-state index contributed by atoms with van der Waals surface area (Å²) in [7, 11) is 0. The van der Waals surface area contributed by atoms with Crippen LogP contribution in [0.2, 0.25) is 0 Å². The summed E-state index contributed by atoms with van der Waals surface area (Å²) in [6.07, 6.45) is 1.63. The van der Waals surface area contributed by atoms with Crippen molar-refractivity contribution in [3.8, 4) is 5.75 Å². The first kappa shape index (κ1) is 71.2. The van der Waals surface area contributed by atoms with Crippen molar-refractivity contribution in [2.75, 3.05) is 52.4 Å². The van der Waals surface area contributed by atoms with Crippen LogP contribution in [-0.4, -0.2) is 148 Å². The summed E-state index contributed by atoms with van der Waals surface area (Å²) < 4.78 is 41.5. The average molecular weight is 1240 g/mol. The SMILES string of the molecule is CC(C)(C)OC(=O)[C@H](Cc1cccc(CC(=O)N(CCOc2cccc(C[C@@H](C(=O)OC(C)(C)C)[C@H]3CCN(C(=O)OC(C)(C)C)C3)c2)Cc2cccc(C[C@@H](C(=O)OC(C)(C)C)[C@H]3CCN(C(=O)OC(C)(C)C)C3)c2)c1)[C@H]1CCN(C(=O)OC(C)(C)C)C1. The first-order valence-corrected chi connectivity index (χ1v) is 31.9. The smallest absolute Gasteiger partial charge is 0.410 e. The third-order valence-electron chi connectivity index (χ3n) is 15.4. The van der Waals surface area contributed by atoms with Crippen molar-refractivity contribution in [1.29, 1.82) is 0 Å². The van der Waals surface area contributed by atoms with Gasteiger partial charge in [0.15, 0.2) is 0 Å². The van der Waals surface area contributed by atoms with Crippen molar-refractivity contribution in [1.82, 2.24) is 19.6 Å². The minimum atomic E-state index is -0.740. The van der Waals surface area contributed by atoms with Gasteiger partial charge in [0.1, 0.15) is 46.0 Å². The van der Waals surface area contributed by atoms with Gasteiger partial charge in [0.25, 0.3) is 0 Å². The molecule has 3 fully saturated rings. The lowest BCUT2D eigenvalue weighted by Gasteiger charge is -2.28. The van der Waals surface area contributed by atoms with Crippen LogP contribution in [0.1, 0.15) is 172 Å². The quantitative estimate of drug-likeness (QED) is 0.0765. The number of ether oxygens (including phenoxy) is 7. The van der Waals surface area contributed by atoms with Crippen molar-refractivity contribution >= 4 is 42.1 Å². The number of carbonyl (C=O) groups is 7. The van der Waals surface area contributed by atoms with E-state index in [1.807, 2.05) is 197 Å². The standard InChI is InChI=1S/C71H104N4O14/c1-66(2,3)84-60(77)56(52-28-31-73(44-52)63(80)87-69(10,11)12)39-47-22-19-24-49(36-47)42-59(76)72(43-51-26-20-23-48(37-51)40-57(61(78)85-67(4,5)6)53-29-32-74(45-53)64(81)88-70(13,14)15)34-35-83-55-27-21-25-50(38-55)41-58(62(79)86-68(7,8)9)54-30-33-75(46-54)65(82)89-71(16,17)18/h19-27,36-38,52-54,56-58H,28-35,39-46H2,1-18H3/t52-,53-,54-,56+,57+,58+/m0/s1. The van der Waals surface area contributed by atoms with Gasteiger partial charge in [-0.05, 0) is 221 Å². The van der Waals surface area contributed by atoms with Gasteiger partial charge in [-0.3, -0.25) is 19.2 Å². The molecule has 0 unspecified atom stereocenters. The van der Waals surface area contributed by atoms with Crippen LogP contribution in [0.25, 0.3) is 0 Å². The molecular formula is C71H104N4O14. The minimum Gasteiger partial charge on any atom is -0.492 e. The van der Waals surface area contributed by atoms with Crippen molar-refractivity contribution in [2.24, 2.45) is 35.5 Å². The number of hydrogen-bond acceptors (Lipinski definition) is 14. The van der Waals surface area contributed by atoms with E-state index in [0.29, 0.717) is 83.5 Å². The zero-order valence-corrected chi connectivity index (χ0v) is 56.7. The highest BCUT2D eigenvalue weighted by molar-refractivity contribution is 5.79. The molecule has 0 aromatic heterocycles. The first-order valence-electron chi connectivity index (χ1n) is 31.9. The van der Waals surface area contributed by atoms with Crippen LogP contribution >= 0.6 is 0 Å². The van der Waals surface area contributed by atoms with Gasteiger partial charge in [-0.2, -0.15) is 0 Å². The fourth-order valence-corrected chi connectivity index (χ4v) is 11.6. The second-order valence-corrected chi connectivity index (χ2v) is 30.6. The molecule has 0 aliphatic carbocycles. The largest absolute Gasteiger partial charge is 0.492 e. The molecule has 3 heterocycles. The monoisotopic (exact) mass is 1240 g/mol. The maximum absolute atomic E-state index is 15.0. The van der Waals surface area contributed by atoms with E-state index in [1.165, 1.54) is 0 Å². The van der Waals surface area contributed by atoms with Crippen molar-refractivity contribution < 1.29 is 66.7 Å². The molecule has 6 rings (SSSR count). The molecule has 0 N–H and O–H groups in total. The molecule has 0 saturated carbocycles. The fraction of sp³-hybridized carbons (Fsp3) is 0.648. The molecular weight excluding hydrogens is 1130 g/mol. The lowest BCUT2D eigenvalue weighted by molar-refractivity contribution is -0.163. The van der Waals surface area contributed by atoms with Crippen LogP contribution in [0.15, 0.2) is 72.8 Å². The second kappa shape index (κ2) is 29.4. The van der Waals surface area contributed by atoms with Gasteiger partial charge in [-0.1, -0.05) is 60.7 Å². The number of amides is 4. The second-order valence-electron chi connectivity index (χ2n) is 30.6. The van der Waals surface area contributed by atoms with E-state index in [-0.39, 0.29) is 67.7 Å². The van der Waals surface area contributed by atoms with Gasteiger partial charge in [-0.25, -0.2) is 14.4 Å². The number of benzene rings is 3. The topological polar surface area (TPSA) is 197 Å². The highest BCUT2D eigenvalue weighted by Gasteiger charge is 2.43. The fourth-order valence-electron chi connectivity index (χ4n) is 11.6. The molecule has 3 aromatic carbocycles. The maximum Gasteiger partial charge on any atom is 0.410 e. The van der Waals surface area contributed by atoms with Crippen molar-refractivity contribution in [2.45, 2.75) is 210 Å². The third-order valence-corrected chi connectivity index (χ3v) is 15.4. The van der Waals surface area contributed by atoms with Gasteiger partial charge in [0.05, 0.1) is 30.7 Å². The number of hydrogen-bond donors (Lipinski definition) is 0. The molecule has 492 valence electrons. The summed E-state index contributed by atoms with van der Waals surface area (Å²) in [6.45, 7) is 35.9. The first-order chi connectivity index (χ1) is 41.1. The molecule has 0 bridgehead atoms. The number of carbonyl (C=O) groups excluding carboxylic acids is 7. The molecule has 18 heteroatoms. The van der Waals surface area contributed by atoms with Crippen molar-refractivity contribution in [3.63, 3.8) is 0 Å². The molecule has 3 aromatic rings. The Labute approximate surface area is 530 Å². The lowest BCUT2D eigenvalue weighted by atomic mass is 9.85. The third kappa shape index (κ3) is 23.8. The molecule has 3 saturated heterocycles. The summed E-state index contributed by atoms with van der Waals surface area (Å²) in [6, 6.07) is 23.2. The maximum atomic E-state index is 15.0. The summed E-state index contributed by atoms with van der Waals surface area (Å²) in [5.41, 5.74) is -0.0552. The van der Waals surface area contributed by atoms with Crippen molar-refractivity contribution in [3.05, 3.63) is 101 Å². The highest BCUT2D eigenvalue weighted by Crippen LogP contribution is 2.35. The average Bonchev–Trinajstić information content (AvgIpc) is 3.02. The van der Waals surface area contributed by atoms with E-state index in [2.05, 4.69) is 0 Å². The van der Waals surface area contributed by atoms with Gasteiger partial charge in [0, 0.05) is 45.8 Å². The van der Waals surface area contributed by atoms with Crippen LogP contribution in [-0.2, 0) is 79.8 Å². The molecule has 4 amide bonds. The highest BCUT2D eigenvalue weighted by atomic mass is 16.6. The van der Waals surface area contributed by atoms with E-state index in [1.54, 1.807) is 19.6 Å². The summed E-state index contributed by atoms with van der Waals surface area (Å²) >= 11 is 0. The number of likely N-dealkylation sites (tertiary alicyclic amines) is 3. The summed E-state index contributed by atoms with van der Waals surface area (Å²) in [5, 5.41) is 0. The van der Waals surface area contributed by atoms with E-state index >= 15 is 0 Å². The Morgan fingerprint density at radius 3 is 1.10 bits per heavy atom. The molecule has 0 spiro atoms. The van der Waals surface area contributed by atoms with Crippen LogP contribution in [0.5, 0.6) is 5.75 Å². The van der Waals surface area contributed by atoms with Gasteiger partial charge >= 0.3 is 36.2 Å². The summed E-state index contributed by atoms with van der Waals surface area (Å²) in [5.74, 6) is -2.87. The van der Waals surface area contributed by atoms with Crippen LogP contribution in [0.4, 0.5) is 14.4 Å². The van der Waals surface area contributed by atoms with E-state index in [4.69, 9.17) is 33.2 Å². The number of esters is 3. The van der Waals surface area contributed by atoms with Gasteiger partial charge < -0.3 is 52.8 Å².